The molecule has 0 bridgehead atoms. The monoisotopic (exact) mass is 373 g/mol. The number of aryl methyl sites for hydroxylation is 2. The molecule has 140 valence electrons. The fraction of sp³-hybridized carbons (Fsp3) is 0.150. The van der Waals surface area contributed by atoms with Crippen molar-refractivity contribution in [3.05, 3.63) is 77.4 Å². The van der Waals surface area contributed by atoms with E-state index in [1.807, 2.05) is 69.3 Å². The lowest BCUT2D eigenvalue weighted by Crippen LogP contribution is -2.14. The summed E-state index contributed by atoms with van der Waals surface area (Å²) >= 11 is 0. The summed E-state index contributed by atoms with van der Waals surface area (Å²) in [5.41, 5.74) is 5.47. The SMILES string of the molecule is Cc1cc(NC(=O)c2c(C)nn(-c3ccccc3)c2C)ccc1-n1cnnn1. The average molecular weight is 373 g/mol. The number of anilines is 1. The largest absolute Gasteiger partial charge is 0.322 e. The maximum Gasteiger partial charge on any atom is 0.259 e. The first-order chi connectivity index (χ1) is 13.5. The van der Waals surface area contributed by atoms with E-state index in [9.17, 15) is 4.79 Å². The van der Waals surface area contributed by atoms with Gasteiger partial charge in [-0.3, -0.25) is 4.79 Å². The molecule has 0 aliphatic rings. The number of nitrogens with one attached hydrogen (secondary N) is 1. The van der Waals surface area contributed by atoms with Gasteiger partial charge in [-0.05, 0) is 67.1 Å². The lowest BCUT2D eigenvalue weighted by Gasteiger charge is -2.10. The highest BCUT2D eigenvalue weighted by atomic mass is 16.1. The number of aromatic nitrogens is 6. The van der Waals surface area contributed by atoms with Gasteiger partial charge in [-0.2, -0.15) is 5.10 Å². The first-order valence-corrected chi connectivity index (χ1v) is 8.81. The molecule has 8 nitrogen and oxygen atoms in total. The molecule has 0 spiro atoms. The second-order valence-corrected chi connectivity index (χ2v) is 6.50. The summed E-state index contributed by atoms with van der Waals surface area (Å²) in [5, 5.41) is 18.7. The topological polar surface area (TPSA) is 90.5 Å². The van der Waals surface area contributed by atoms with Crippen LogP contribution in [0.15, 0.2) is 54.9 Å². The minimum absolute atomic E-state index is 0.188. The second-order valence-electron chi connectivity index (χ2n) is 6.50. The first-order valence-electron chi connectivity index (χ1n) is 8.81. The van der Waals surface area contributed by atoms with E-state index in [4.69, 9.17) is 0 Å². The summed E-state index contributed by atoms with van der Waals surface area (Å²) in [6.07, 6.45) is 1.53. The van der Waals surface area contributed by atoms with E-state index in [1.165, 1.54) is 6.33 Å². The molecule has 0 atom stereocenters. The van der Waals surface area contributed by atoms with Crippen molar-refractivity contribution in [3.8, 4) is 11.4 Å². The Hall–Kier alpha value is -3.81. The van der Waals surface area contributed by atoms with Crippen LogP contribution in [0.25, 0.3) is 11.4 Å². The zero-order valence-electron chi connectivity index (χ0n) is 15.8. The molecule has 0 fully saturated rings. The molecule has 8 heteroatoms. The highest BCUT2D eigenvalue weighted by Crippen LogP contribution is 2.22. The molecule has 4 aromatic rings. The molecular weight excluding hydrogens is 354 g/mol. The Kier molecular flexibility index (Phi) is 4.44. The summed E-state index contributed by atoms with van der Waals surface area (Å²) < 4.78 is 3.37. The fourth-order valence-electron chi connectivity index (χ4n) is 3.25. The molecule has 28 heavy (non-hydrogen) atoms. The fourth-order valence-corrected chi connectivity index (χ4v) is 3.25. The molecule has 1 N–H and O–H groups in total. The molecule has 0 aliphatic heterocycles. The highest BCUT2D eigenvalue weighted by Gasteiger charge is 2.19. The van der Waals surface area contributed by atoms with Crippen molar-refractivity contribution in [1.82, 2.24) is 30.0 Å². The maximum absolute atomic E-state index is 12.9. The predicted octanol–water partition coefficient (Wildman–Crippen LogP) is 3.03. The molecule has 0 saturated heterocycles. The van der Waals surface area contributed by atoms with E-state index in [1.54, 1.807) is 9.36 Å². The van der Waals surface area contributed by atoms with Crippen molar-refractivity contribution in [1.29, 1.82) is 0 Å². The summed E-state index contributed by atoms with van der Waals surface area (Å²) in [6, 6.07) is 15.3. The number of rotatable bonds is 4. The lowest BCUT2D eigenvalue weighted by molar-refractivity contribution is 0.102. The zero-order valence-corrected chi connectivity index (χ0v) is 15.8. The van der Waals surface area contributed by atoms with Crippen molar-refractivity contribution < 1.29 is 4.79 Å². The molecule has 2 heterocycles. The molecule has 2 aromatic heterocycles. The number of hydrogen-bond donors (Lipinski definition) is 1. The Morgan fingerprint density at radius 2 is 1.82 bits per heavy atom. The van der Waals surface area contributed by atoms with Crippen LogP contribution in [0.5, 0.6) is 0 Å². The van der Waals surface area contributed by atoms with Crippen LogP contribution in [0.1, 0.15) is 27.3 Å². The van der Waals surface area contributed by atoms with Crippen LogP contribution in [-0.2, 0) is 0 Å². The number of tetrazole rings is 1. The number of carbonyl (C=O) groups excluding carboxylic acids is 1. The Labute approximate surface area is 161 Å². The lowest BCUT2D eigenvalue weighted by atomic mass is 10.1. The molecule has 0 radical (unpaired) electrons. The van der Waals surface area contributed by atoms with Crippen LogP contribution in [0.2, 0.25) is 0 Å². The van der Waals surface area contributed by atoms with E-state index in [0.717, 1.165) is 22.6 Å². The smallest absolute Gasteiger partial charge is 0.259 e. The summed E-state index contributed by atoms with van der Waals surface area (Å²) in [5.74, 6) is -0.188. The van der Waals surface area contributed by atoms with E-state index in [0.29, 0.717) is 16.9 Å². The van der Waals surface area contributed by atoms with Gasteiger partial charge < -0.3 is 5.32 Å². The van der Waals surface area contributed by atoms with Crippen molar-refractivity contribution in [2.45, 2.75) is 20.8 Å². The third-order valence-electron chi connectivity index (χ3n) is 4.57. The van der Waals surface area contributed by atoms with Gasteiger partial charge in [0, 0.05) is 5.69 Å². The van der Waals surface area contributed by atoms with E-state index >= 15 is 0 Å². The Balaban J connectivity index is 1.61. The average Bonchev–Trinajstić information content (AvgIpc) is 3.30. The number of nitrogens with zero attached hydrogens (tertiary/aromatic N) is 6. The van der Waals surface area contributed by atoms with E-state index in [2.05, 4.69) is 25.9 Å². The predicted molar refractivity (Wildman–Crippen MR) is 105 cm³/mol. The Morgan fingerprint density at radius 1 is 1.04 bits per heavy atom. The molecule has 0 unspecified atom stereocenters. The minimum atomic E-state index is -0.188. The van der Waals surface area contributed by atoms with Crippen LogP contribution >= 0.6 is 0 Å². The number of carbonyl (C=O) groups is 1. The van der Waals surface area contributed by atoms with Crippen molar-refractivity contribution in [2.24, 2.45) is 0 Å². The quantitative estimate of drug-likeness (QED) is 0.594. The number of amides is 1. The molecule has 0 saturated carbocycles. The Morgan fingerprint density at radius 3 is 2.50 bits per heavy atom. The van der Waals surface area contributed by atoms with Gasteiger partial charge in [0.25, 0.3) is 5.91 Å². The number of benzene rings is 2. The molecule has 2 aromatic carbocycles. The van der Waals surface area contributed by atoms with Crippen LogP contribution in [0.4, 0.5) is 5.69 Å². The summed E-state index contributed by atoms with van der Waals surface area (Å²) in [6.45, 7) is 5.68. The molecule has 4 rings (SSSR count). The second kappa shape index (κ2) is 7.07. The zero-order chi connectivity index (χ0) is 19.7. The van der Waals surface area contributed by atoms with Crippen molar-refractivity contribution in [2.75, 3.05) is 5.32 Å². The first kappa shape index (κ1) is 17.6. The summed E-state index contributed by atoms with van der Waals surface area (Å²) in [7, 11) is 0. The van der Waals surface area contributed by atoms with Gasteiger partial charge in [0.15, 0.2) is 0 Å². The van der Waals surface area contributed by atoms with Gasteiger partial charge in [0.05, 0.1) is 28.3 Å². The van der Waals surface area contributed by atoms with Crippen LogP contribution in [0.3, 0.4) is 0 Å². The van der Waals surface area contributed by atoms with Gasteiger partial charge in [-0.1, -0.05) is 18.2 Å². The van der Waals surface area contributed by atoms with Gasteiger partial charge >= 0.3 is 0 Å². The van der Waals surface area contributed by atoms with E-state index < -0.39 is 0 Å². The van der Waals surface area contributed by atoms with Crippen LogP contribution in [0, 0.1) is 20.8 Å². The highest BCUT2D eigenvalue weighted by molar-refractivity contribution is 6.06. The van der Waals surface area contributed by atoms with Crippen molar-refractivity contribution >= 4 is 11.6 Å². The Bertz CT molecular complexity index is 1130. The normalized spacial score (nSPS) is 10.8. The van der Waals surface area contributed by atoms with Gasteiger partial charge in [0.1, 0.15) is 6.33 Å². The molecular formula is C20H19N7O. The number of hydrogen-bond acceptors (Lipinski definition) is 5. The third kappa shape index (κ3) is 3.16. The van der Waals surface area contributed by atoms with E-state index in [-0.39, 0.29) is 5.91 Å². The standard InChI is InChI=1S/C20H19N7O/c1-13-11-16(9-10-18(13)26-12-21-24-25-26)22-20(28)19-14(2)23-27(15(19)3)17-7-5-4-6-8-17/h4-12H,1-3H3,(H,22,28). The van der Waals surface area contributed by atoms with Crippen LogP contribution in [-0.4, -0.2) is 35.9 Å². The van der Waals surface area contributed by atoms with Gasteiger partial charge in [-0.15, -0.1) is 5.10 Å². The number of para-hydroxylation sites is 1. The van der Waals surface area contributed by atoms with Crippen LogP contribution < -0.4 is 5.32 Å². The molecule has 0 aliphatic carbocycles. The van der Waals surface area contributed by atoms with Crippen molar-refractivity contribution in [3.63, 3.8) is 0 Å². The summed E-state index contributed by atoms with van der Waals surface area (Å²) in [4.78, 5) is 12.9. The van der Waals surface area contributed by atoms with Gasteiger partial charge in [-0.25, -0.2) is 9.36 Å². The maximum atomic E-state index is 12.9. The minimum Gasteiger partial charge on any atom is -0.322 e. The molecule has 1 amide bonds. The third-order valence-corrected chi connectivity index (χ3v) is 4.57. The van der Waals surface area contributed by atoms with Gasteiger partial charge in [0.2, 0.25) is 0 Å².